The molecular formula is C15H16N2O3S2. The van der Waals surface area contributed by atoms with Crippen LogP contribution in [0.25, 0.3) is 0 Å². The first-order valence-corrected chi connectivity index (χ1v) is 8.47. The lowest BCUT2D eigenvalue weighted by atomic mass is 10.1. The van der Waals surface area contributed by atoms with Gasteiger partial charge in [0.1, 0.15) is 28.5 Å². The Kier molecular flexibility index (Phi) is 5.63. The fraction of sp³-hybridized carbons (Fsp3) is 0.333. The number of carbonyl (C=O) groups is 1. The summed E-state index contributed by atoms with van der Waals surface area (Å²) in [6, 6.07) is 7.44. The van der Waals surface area contributed by atoms with Crippen molar-refractivity contribution in [3.05, 3.63) is 33.6 Å². The highest BCUT2D eigenvalue weighted by molar-refractivity contribution is 8.22. The molecule has 0 fully saturated rings. The molecule has 0 aliphatic carbocycles. The highest BCUT2D eigenvalue weighted by atomic mass is 32.2. The minimum absolute atomic E-state index is 0.181. The molecule has 0 spiro atoms. The second-order valence-electron chi connectivity index (χ2n) is 4.29. The lowest BCUT2D eigenvalue weighted by molar-refractivity contribution is -0.117. The second kappa shape index (κ2) is 7.47. The minimum Gasteiger partial charge on any atom is -0.497 e. The maximum absolute atomic E-state index is 12.1. The number of benzene rings is 1. The third kappa shape index (κ3) is 3.34. The molecule has 0 aromatic heterocycles. The molecule has 1 aromatic rings. The number of amides is 1. The molecule has 1 atom stereocenters. The minimum atomic E-state index is -0.347. The molecule has 1 aliphatic rings. The van der Waals surface area contributed by atoms with Gasteiger partial charge in [-0.1, -0.05) is 18.7 Å². The predicted octanol–water partition coefficient (Wildman–Crippen LogP) is 3.05. The Morgan fingerprint density at radius 1 is 1.41 bits per heavy atom. The van der Waals surface area contributed by atoms with Gasteiger partial charge in [-0.15, -0.1) is 11.8 Å². The van der Waals surface area contributed by atoms with Crippen LogP contribution in [0.3, 0.4) is 0 Å². The van der Waals surface area contributed by atoms with Crippen LogP contribution in [0.2, 0.25) is 0 Å². The average molecular weight is 336 g/mol. The van der Waals surface area contributed by atoms with Gasteiger partial charge >= 0.3 is 0 Å². The molecular weight excluding hydrogens is 320 g/mol. The topological polar surface area (TPSA) is 71.4 Å². The molecule has 7 heteroatoms. The van der Waals surface area contributed by atoms with Crippen molar-refractivity contribution in [1.82, 2.24) is 5.32 Å². The molecule has 1 heterocycles. The van der Waals surface area contributed by atoms with Gasteiger partial charge in [-0.05, 0) is 17.9 Å². The lowest BCUT2D eigenvalue weighted by Gasteiger charge is -2.26. The van der Waals surface area contributed by atoms with Crippen LogP contribution >= 0.6 is 23.5 Å². The van der Waals surface area contributed by atoms with E-state index in [1.54, 1.807) is 20.3 Å². The zero-order valence-electron chi connectivity index (χ0n) is 12.5. The van der Waals surface area contributed by atoms with Gasteiger partial charge in [-0.2, -0.15) is 5.26 Å². The summed E-state index contributed by atoms with van der Waals surface area (Å²) in [7, 11) is 3.16. The number of rotatable bonds is 5. The summed E-state index contributed by atoms with van der Waals surface area (Å²) in [5.41, 5.74) is 1.02. The molecule has 22 heavy (non-hydrogen) atoms. The predicted molar refractivity (Wildman–Crippen MR) is 88.8 cm³/mol. The Labute approximate surface area is 138 Å². The molecule has 2 rings (SSSR count). The molecule has 0 radical (unpaired) electrons. The first-order chi connectivity index (χ1) is 10.6. The highest BCUT2D eigenvalue weighted by Crippen LogP contribution is 2.46. The van der Waals surface area contributed by atoms with Gasteiger partial charge in [-0.3, -0.25) is 4.79 Å². The largest absolute Gasteiger partial charge is 0.497 e. The zero-order chi connectivity index (χ0) is 16.1. The van der Waals surface area contributed by atoms with Crippen LogP contribution in [0, 0.1) is 11.3 Å². The monoisotopic (exact) mass is 336 g/mol. The van der Waals surface area contributed by atoms with Crippen molar-refractivity contribution >= 4 is 29.4 Å². The zero-order valence-corrected chi connectivity index (χ0v) is 14.1. The average Bonchev–Trinajstić information content (AvgIpc) is 2.54. The Morgan fingerprint density at radius 3 is 2.77 bits per heavy atom. The molecule has 0 bridgehead atoms. The van der Waals surface area contributed by atoms with E-state index in [1.165, 1.54) is 23.5 Å². The van der Waals surface area contributed by atoms with Crippen LogP contribution in [0.4, 0.5) is 0 Å². The summed E-state index contributed by atoms with van der Waals surface area (Å²) < 4.78 is 11.3. The van der Waals surface area contributed by atoms with Gasteiger partial charge in [0.15, 0.2) is 0 Å². The van der Waals surface area contributed by atoms with Gasteiger partial charge in [0.05, 0.1) is 18.5 Å². The summed E-state index contributed by atoms with van der Waals surface area (Å²) in [5, 5.41) is 11.7. The number of nitrogens with one attached hydrogen (secondary N) is 1. The maximum Gasteiger partial charge on any atom is 0.264 e. The number of ether oxygens (including phenoxy) is 2. The van der Waals surface area contributed by atoms with E-state index in [9.17, 15) is 4.79 Å². The van der Waals surface area contributed by atoms with Crippen molar-refractivity contribution < 1.29 is 14.3 Å². The number of hydrogen-bond acceptors (Lipinski definition) is 6. The third-order valence-corrected chi connectivity index (χ3v) is 5.45. The fourth-order valence-electron chi connectivity index (χ4n) is 1.99. The molecule has 0 saturated heterocycles. The van der Waals surface area contributed by atoms with E-state index in [4.69, 9.17) is 14.7 Å². The quantitative estimate of drug-likeness (QED) is 0.891. The van der Waals surface area contributed by atoms with Crippen molar-refractivity contribution in [2.24, 2.45) is 0 Å². The SMILES string of the molecule is CCSC1=C(C#N)C(=O)NC(c2ccc(OC)cc2OC)S1. The van der Waals surface area contributed by atoms with Crippen LogP contribution in [-0.2, 0) is 4.79 Å². The van der Waals surface area contributed by atoms with Gasteiger partial charge in [0, 0.05) is 11.6 Å². The number of methoxy groups -OCH3 is 2. The number of nitriles is 1. The van der Waals surface area contributed by atoms with Crippen molar-refractivity contribution in [2.75, 3.05) is 20.0 Å². The van der Waals surface area contributed by atoms with Crippen LogP contribution in [-0.4, -0.2) is 25.9 Å². The molecule has 0 saturated carbocycles. The van der Waals surface area contributed by atoms with Crippen molar-refractivity contribution in [1.29, 1.82) is 5.26 Å². The smallest absolute Gasteiger partial charge is 0.264 e. The van der Waals surface area contributed by atoms with E-state index in [2.05, 4.69) is 5.32 Å². The number of nitrogens with zero attached hydrogens (tertiary/aromatic N) is 1. The Hall–Kier alpha value is -1.78. The van der Waals surface area contributed by atoms with Gasteiger partial charge in [-0.25, -0.2) is 0 Å². The van der Waals surface area contributed by atoms with Crippen LogP contribution < -0.4 is 14.8 Å². The van der Waals surface area contributed by atoms with E-state index in [-0.39, 0.29) is 16.9 Å². The fourth-order valence-corrected chi connectivity index (χ4v) is 4.41. The van der Waals surface area contributed by atoms with Gasteiger partial charge in [0.25, 0.3) is 5.91 Å². The molecule has 1 N–H and O–H groups in total. The van der Waals surface area contributed by atoms with E-state index in [0.29, 0.717) is 11.5 Å². The normalized spacial score (nSPS) is 17.7. The highest BCUT2D eigenvalue weighted by Gasteiger charge is 2.30. The molecule has 1 unspecified atom stereocenters. The van der Waals surface area contributed by atoms with E-state index >= 15 is 0 Å². The third-order valence-electron chi connectivity index (χ3n) is 3.03. The molecule has 1 aromatic carbocycles. The summed E-state index contributed by atoms with van der Waals surface area (Å²) in [6.45, 7) is 1.99. The van der Waals surface area contributed by atoms with Gasteiger partial charge < -0.3 is 14.8 Å². The number of hydrogen-bond donors (Lipinski definition) is 1. The Bertz CT molecular complexity index is 653. The Morgan fingerprint density at radius 2 is 2.18 bits per heavy atom. The van der Waals surface area contributed by atoms with E-state index in [1.807, 2.05) is 25.1 Å². The first-order valence-electron chi connectivity index (χ1n) is 6.61. The summed E-state index contributed by atoms with van der Waals surface area (Å²) in [4.78, 5) is 12.1. The number of carbonyl (C=O) groups excluding carboxylic acids is 1. The van der Waals surface area contributed by atoms with Crippen LogP contribution in [0.15, 0.2) is 28.0 Å². The second-order valence-corrected chi connectivity index (χ2v) is 6.93. The summed E-state index contributed by atoms with van der Waals surface area (Å²) in [5.74, 6) is 1.77. The lowest BCUT2D eigenvalue weighted by Crippen LogP contribution is -2.31. The van der Waals surface area contributed by atoms with Crippen molar-refractivity contribution in [3.63, 3.8) is 0 Å². The molecule has 5 nitrogen and oxygen atoms in total. The first kappa shape index (κ1) is 16.6. The van der Waals surface area contributed by atoms with Crippen LogP contribution in [0.5, 0.6) is 11.5 Å². The van der Waals surface area contributed by atoms with Gasteiger partial charge in [0.2, 0.25) is 0 Å². The van der Waals surface area contributed by atoms with Crippen molar-refractivity contribution in [2.45, 2.75) is 12.3 Å². The molecule has 1 aliphatic heterocycles. The van der Waals surface area contributed by atoms with E-state index in [0.717, 1.165) is 15.6 Å². The molecule has 116 valence electrons. The van der Waals surface area contributed by atoms with Crippen LogP contribution in [0.1, 0.15) is 17.9 Å². The summed E-state index contributed by atoms with van der Waals surface area (Å²) >= 11 is 2.96. The molecule has 1 amide bonds. The van der Waals surface area contributed by atoms with Crippen molar-refractivity contribution in [3.8, 4) is 17.6 Å². The standard InChI is InChI=1S/C15H16N2O3S2/c1-4-21-15-11(8-16)13(18)17-14(22-15)10-6-5-9(19-2)7-12(10)20-3/h5-7,14H,4H2,1-3H3,(H,17,18). The maximum atomic E-state index is 12.1. The van der Waals surface area contributed by atoms with E-state index < -0.39 is 0 Å². The summed E-state index contributed by atoms with van der Waals surface area (Å²) in [6.07, 6.45) is 0. The number of thioether (sulfide) groups is 2. The Balaban J connectivity index is 2.37.